The maximum atomic E-state index is 13.3. The summed E-state index contributed by atoms with van der Waals surface area (Å²) in [5, 5.41) is 3.46. The van der Waals surface area contributed by atoms with E-state index in [1.54, 1.807) is 6.92 Å². The zero-order chi connectivity index (χ0) is 27.4. The monoisotopic (exact) mass is 543 g/mol. The van der Waals surface area contributed by atoms with Gasteiger partial charge in [-0.2, -0.15) is 31.4 Å². The van der Waals surface area contributed by atoms with Gasteiger partial charge in [0, 0.05) is 5.56 Å². The van der Waals surface area contributed by atoms with E-state index in [4.69, 9.17) is 0 Å². The Morgan fingerprint density at radius 2 is 1.57 bits per heavy atom. The molecule has 1 amide bonds. The Morgan fingerprint density at radius 1 is 0.919 bits per heavy atom. The molecule has 6 nitrogen and oxygen atoms in total. The normalized spacial score (nSPS) is 12.5. The van der Waals surface area contributed by atoms with Crippen LogP contribution in [0.4, 0.5) is 32.0 Å². The summed E-state index contributed by atoms with van der Waals surface area (Å²) in [6, 6.07) is 13.2. The van der Waals surface area contributed by atoms with E-state index in [1.807, 2.05) is 5.43 Å². The molecule has 0 spiro atoms. The van der Waals surface area contributed by atoms with Crippen molar-refractivity contribution in [1.29, 1.82) is 0 Å². The largest absolute Gasteiger partial charge is 0.417 e. The lowest BCUT2D eigenvalue weighted by Gasteiger charge is -2.24. The second-order valence-corrected chi connectivity index (χ2v) is 9.61. The van der Waals surface area contributed by atoms with Crippen LogP contribution in [0.1, 0.15) is 22.3 Å². The summed E-state index contributed by atoms with van der Waals surface area (Å²) < 4.78 is 106. The lowest BCUT2D eigenvalue weighted by molar-refractivity contribution is -0.138. The van der Waals surface area contributed by atoms with E-state index in [1.165, 1.54) is 36.4 Å². The highest BCUT2D eigenvalue weighted by Crippen LogP contribution is 2.33. The minimum absolute atomic E-state index is 0.286. The van der Waals surface area contributed by atoms with Crippen LogP contribution >= 0.6 is 0 Å². The van der Waals surface area contributed by atoms with Crippen molar-refractivity contribution < 1.29 is 39.6 Å². The number of alkyl halides is 6. The number of sulfonamides is 1. The highest BCUT2D eigenvalue weighted by atomic mass is 32.2. The Labute approximate surface area is 208 Å². The van der Waals surface area contributed by atoms with Crippen molar-refractivity contribution in [2.75, 3.05) is 10.8 Å². The predicted octanol–water partition coefficient (Wildman–Crippen LogP) is 5.38. The van der Waals surface area contributed by atoms with Crippen molar-refractivity contribution in [2.45, 2.75) is 24.2 Å². The third-order valence-corrected chi connectivity index (χ3v) is 6.80. The number of aryl methyl sites for hydroxylation is 1. The highest BCUT2D eigenvalue weighted by molar-refractivity contribution is 7.92. The fourth-order valence-electron chi connectivity index (χ4n) is 3.20. The molecule has 3 rings (SSSR count). The van der Waals surface area contributed by atoms with Gasteiger partial charge in [0.05, 0.1) is 27.9 Å². The molecule has 0 aliphatic carbocycles. The molecular weight excluding hydrogens is 524 g/mol. The van der Waals surface area contributed by atoms with Crippen molar-refractivity contribution in [3.8, 4) is 0 Å². The van der Waals surface area contributed by atoms with Crippen LogP contribution in [0.5, 0.6) is 0 Å². The third kappa shape index (κ3) is 6.88. The Hall–Kier alpha value is -3.87. The van der Waals surface area contributed by atoms with Crippen molar-refractivity contribution >= 4 is 27.8 Å². The van der Waals surface area contributed by atoms with Crippen LogP contribution in [-0.2, 0) is 27.2 Å². The molecule has 0 saturated heterocycles. The van der Waals surface area contributed by atoms with Gasteiger partial charge in [0.25, 0.3) is 15.9 Å². The fourth-order valence-corrected chi connectivity index (χ4v) is 4.61. The van der Waals surface area contributed by atoms with Crippen LogP contribution in [0.25, 0.3) is 0 Å². The Morgan fingerprint density at radius 3 is 2.19 bits per heavy atom. The number of hydrogen-bond acceptors (Lipinski definition) is 4. The van der Waals surface area contributed by atoms with Crippen LogP contribution in [0.15, 0.2) is 82.8 Å². The molecule has 0 aliphatic rings. The molecule has 0 unspecified atom stereocenters. The van der Waals surface area contributed by atoms with Crippen LogP contribution < -0.4 is 9.73 Å². The molecule has 13 heteroatoms. The number of hydrogen-bond donors (Lipinski definition) is 1. The molecule has 1 N–H and O–H groups in total. The summed E-state index contributed by atoms with van der Waals surface area (Å²) in [7, 11) is -4.53. The van der Waals surface area contributed by atoms with E-state index in [0.717, 1.165) is 42.1 Å². The van der Waals surface area contributed by atoms with Gasteiger partial charge in [-0.05, 0) is 43.3 Å². The Balaban J connectivity index is 1.92. The van der Waals surface area contributed by atoms with Gasteiger partial charge in [-0.3, -0.25) is 9.10 Å². The average molecular weight is 543 g/mol. The molecule has 0 fully saturated rings. The van der Waals surface area contributed by atoms with Gasteiger partial charge in [0.15, 0.2) is 0 Å². The van der Waals surface area contributed by atoms with Gasteiger partial charge in [0.1, 0.15) is 6.54 Å². The summed E-state index contributed by atoms with van der Waals surface area (Å²) >= 11 is 0. The zero-order valence-corrected chi connectivity index (χ0v) is 19.8. The minimum atomic E-state index is -4.78. The predicted molar refractivity (Wildman–Crippen MR) is 124 cm³/mol. The molecule has 3 aromatic carbocycles. The number of halogens is 6. The lowest BCUT2D eigenvalue weighted by Crippen LogP contribution is -2.39. The number of nitrogens with one attached hydrogen (secondary N) is 1. The highest BCUT2D eigenvalue weighted by Gasteiger charge is 2.34. The van der Waals surface area contributed by atoms with Crippen molar-refractivity contribution in [1.82, 2.24) is 5.43 Å². The second kappa shape index (κ2) is 10.6. The third-order valence-electron chi connectivity index (χ3n) is 5.02. The molecule has 0 bridgehead atoms. The number of nitrogens with zero attached hydrogens (tertiary/aromatic N) is 2. The van der Waals surface area contributed by atoms with Gasteiger partial charge >= 0.3 is 12.4 Å². The maximum absolute atomic E-state index is 13.3. The first-order chi connectivity index (χ1) is 17.2. The van der Waals surface area contributed by atoms with E-state index >= 15 is 0 Å². The molecule has 0 aromatic heterocycles. The van der Waals surface area contributed by atoms with Crippen LogP contribution in [0.3, 0.4) is 0 Å². The van der Waals surface area contributed by atoms with Crippen LogP contribution in [0, 0.1) is 6.92 Å². The zero-order valence-electron chi connectivity index (χ0n) is 19.0. The second-order valence-electron chi connectivity index (χ2n) is 7.75. The van der Waals surface area contributed by atoms with E-state index in [2.05, 4.69) is 5.10 Å². The molecule has 0 aliphatic heterocycles. The van der Waals surface area contributed by atoms with Gasteiger partial charge in [-0.15, -0.1) is 0 Å². The Kier molecular flexibility index (Phi) is 7.96. The van der Waals surface area contributed by atoms with E-state index in [0.29, 0.717) is 10.4 Å². The molecule has 0 radical (unpaired) electrons. The Bertz CT molecular complexity index is 1400. The summed E-state index contributed by atoms with van der Waals surface area (Å²) in [6.45, 7) is 0.694. The van der Waals surface area contributed by atoms with Gasteiger partial charge in [-0.25, -0.2) is 13.8 Å². The van der Waals surface area contributed by atoms with Crippen LogP contribution in [-0.4, -0.2) is 27.1 Å². The SMILES string of the molecule is Cc1ccc(S(=O)(=O)N(CC(=O)N/N=C\c2ccccc2C(F)(F)F)c2cccc(C(F)(F)F)c2)cc1. The number of hydrazone groups is 1. The number of amides is 1. The first-order valence-electron chi connectivity index (χ1n) is 10.4. The van der Waals surface area contributed by atoms with Gasteiger partial charge < -0.3 is 0 Å². The number of carbonyl (C=O) groups is 1. The lowest BCUT2D eigenvalue weighted by atomic mass is 10.1. The number of carbonyl (C=O) groups excluding carboxylic acids is 1. The summed E-state index contributed by atoms with van der Waals surface area (Å²) in [5.41, 5.74) is -0.326. The quantitative estimate of drug-likeness (QED) is 0.247. The van der Waals surface area contributed by atoms with E-state index in [-0.39, 0.29) is 10.5 Å². The van der Waals surface area contributed by atoms with Crippen molar-refractivity contribution in [2.24, 2.45) is 5.10 Å². The molecular formula is C24H19F6N3O3S. The standard InChI is InChI=1S/C24H19F6N3O3S/c1-16-9-11-20(12-10-16)37(35,36)33(19-7-4-6-18(13-19)23(25,26)27)15-22(34)32-31-14-17-5-2-3-8-21(17)24(28,29)30/h2-14H,15H2,1H3,(H,32,34)/b31-14-. The minimum Gasteiger partial charge on any atom is -0.271 e. The smallest absolute Gasteiger partial charge is 0.271 e. The fraction of sp³-hybridized carbons (Fsp3) is 0.167. The molecule has 0 saturated carbocycles. The molecule has 3 aromatic rings. The number of benzene rings is 3. The average Bonchev–Trinajstić information content (AvgIpc) is 2.82. The maximum Gasteiger partial charge on any atom is 0.417 e. The number of anilines is 1. The van der Waals surface area contributed by atoms with Crippen molar-refractivity contribution in [3.63, 3.8) is 0 Å². The van der Waals surface area contributed by atoms with Crippen LogP contribution in [0.2, 0.25) is 0 Å². The topological polar surface area (TPSA) is 78.8 Å². The first kappa shape index (κ1) is 27.7. The number of rotatable bonds is 7. The summed E-state index contributed by atoms with van der Waals surface area (Å²) in [6.07, 6.45) is -8.74. The molecule has 196 valence electrons. The van der Waals surface area contributed by atoms with Gasteiger partial charge in [0.2, 0.25) is 0 Å². The van der Waals surface area contributed by atoms with E-state index < -0.39 is 51.6 Å². The van der Waals surface area contributed by atoms with Crippen molar-refractivity contribution in [3.05, 3.63) is 95.1 Å². The molecule has 0 heterocycles. The summed E-state index contributed by atoms with van der Waals surface area (Å²) in [4.78, 5) is 12.3. The van der Waals surface area contributed by atoms with E-state index in [9.17, 15) is 39.6 Å². The summed E-state index contributed by atoms with van der Waals surface area (Å²) in [5.74, 6) is -1.10. The molecule has 37 heavy (non-hydrogen) atoms. The first-order valence-corrected chi connectivity index (χ1v) is 11.9. The van der Waals surface area contributed by atoms with Gasteiger partial charge in [-0.1, -0.05) is 42.0 Å². The molecule has 0 atom stereocenters.